The van der Waals surface area contributed by atoms with Crippen molar-refractivity contribution in [3.05, 3.63) is 30.1 Å². The van der Waals surface area contributed by atoms with Crippen molar-refractivity contribution < 1.29 is 5.11 Å². The first-order valence-electron chi connectivity index (χ1n) is 5.09. The molecule has 2 rings (SSSR count). The summed E-state index contributed by atoms with van der Waals surface area (Å²) in [6.07, 6.45) is 5.80. The lowest BCUT2D eigenvalue weighted by atomic mass is 9.76. The van der Waals surface area contributed by atoms with Crippen LogP contribution in [-0.2, 0) is 5.41 Å². The number of nitrogens with zero attached hydrogens (tertiary/aromatic N) is 1. The van der Waals surface area contributed by atoms with Crippen molar-refractivity contribution in [1.29, 1.82) is 0 Å². The third-order valence-corrected chi connectivity index (χ3v) is 3.05. The van der Waals surface area contributed by atoms with E-state index in [1.807, 2.05) is 12.3 Å². The summed E-state index contributed by atoms with van der Waals surface area (Å²) in [6.45, 7) is 2.11. The minimum absolute atomic E-state index is 0.105. The van der Waals surface area contributed by atoms with Gasteiger partial charge in [0.25, 0.3) is 0 Å². The van der Waals surface area contributed by atoms with E-state index in [0.29, 0.717) is 0 Å². The molecule has 0 aromatic carbocycles. The molecule has 1 unspecified atom stereocenters. The number of hydrogen-bond acceptors (Lipinski definition) is 3. The first-order chi connectivity index (χ1) is 6.87. The first kappa shape index (κ1) is 9.62. The van der Waals surface area contributed by atoms with Crippen LogP contribution in [0.15, 0.2) is 24.5 Å². The molecule has 76 valence electrons. The summed E-state index contributed by atoms with van der Waals surface area (Å²) in [4.78, 5) is 4.11. The summed E-state index contributed by atoms with van der Waals surface area (Å²) >= 11 is 0. The van der Waals surface area contributed by atoms with Gasteiger partial charge in [-0.3, -0.25) is 4.98 Å². The minimum atomic E-state index is -0.105. The van der Waals surface area contributed by atoms with Gasteiger partial charge in [-0.25, -0.2) is 0 Å². The molecule has 2 heterocycles. The van der Waals surface area contributed by atoms with E-state index in [0.717, 1.165) is 31.5 Å². The molecule has 0 saturated carbocycles. The molecule has 0 spiro atoms. The Bertz CT molecular complexity index is 281. The number of rotatable bonds is 2. The first-order valence-corrected chi connectivity index (χ1v) is 5.09. The third kappa shape index (κ3) is 1.65. The monoisotopic (exact) mass is 192 g/mol. The van der Waals surface area contributed by atoms with Gasteiger partial charge in [0.2, 0.25) is 0 Å². The van der Waals surface area contributed by atoms with Gasteiger partial charge in [-0.2, -0.15) is 0 Å². The second kappa shape index (κ2) is 4.07. The van der Waals surface area contributed by atoms with Crippen LogP contribution in [0.25, 0.3) is 0 Å². The summed E-state index contributed by atoms with van der Waals surface area (Å²) in [5.41, 5.74) is 1.04. The van der Waals surface area contributed by atoms with Gasteiger partial charge in [0.05, 0.1) is 6.61 Å². The van der Waals surface area contributed by atoms with E-state index < -0.39 is 0 Å². The van der Waals surface area contributed by atoms with E-state index in [1.54, 1.807) is 6.20 Å². The molecule has 0 bridgehead atoms. The van der Waals surface area contributed by atoms with E-state index in [4.69, 9.17) is 0 Å². The van der Waals surface area contributed by atoms with Crippen molar-refractivity contribution in [2.75, 3.05) is 19.7 Å². The highest BCUT2D eigenvalue weighted by atomic mass is 16.3. The van der Waals surface area contributed by atoms with Gasteiger partial charge in [-0.15, -0.1) is 0 Å². The number of aliphatic hydroxyl groups excluding tert-OH is 1. The zero-order valence-corrected chi connectivity index (χ0v) is 8.24. The largest absolute Gasteiger partial charge is 0.395 e. The van der Waals surface area contributed by atoms with Gasteiger partial charge in [0.15, 0.2) is 0 Å². The predicted octanol–water partition coefficient (Wildman–Crippen LogP) is 0.695. The summed E-state index contributed by atoms with van der Waals surface area (Å²) in [5, 5.41) is 12.9. The second-order valence-electron chi connectivity index (χ2n) is 3.96. The Labute approximate surface area is 84.2 Å². The van der Waals surface area contributed by atoms with E-state index in [1.165, 1.54) is 0 Å². The lowest BCUT2D eigenvalue weighted by Crippen LogP contribution is -2.46. The molecule has 3 nitrogen and oxygen atoms in total. The average Bonchev–Trinajstić information content (AvgIpc) is 2.31. The Balaban J connectivity index is 2.27. The molecule has 1 atom stereocenters. The molecule has 1 saturated heterocycles. The number of piperidine rings is 1. The lowest BCUT2D eigenvalue weighted by Gasteiger charge is -2.36. The SMILES string of the molecule is OCC1(c2cccnc2)CCCNC1. The number of pyridine rings is 1. The minimum Gasteiger partial charge on any atom is -0.395 e. The van der Waals surface area contributed by atoms with Crippen molar-refractivity contribution in [2.24, 2.45) is 0 Å². The smallest absolute Gasteiger partial charge is 0.0540 e. The van der Waals surface area contributed by atoms with Crippen LogP contribution >= 0.6 is 0 Å². The topological polar surface area (TPSA) is 45.2 Å². The molecule has 1 aliphatic rings. The maximum absolute atomic E-state index is 9.53. The number of aromatic nitrogens is 1. The Morgan fingerprint density at radius 3 is 3.07 bits per heavy atom. The van der Waals surface area contributed by atoms with Crippen LogP contribution in [0.4, 0.5) is 0 Å². The van der Waals surface area contributed by atoms with Crippen LogP contribution in [-0.4, -0.2) is 29.8 Å². The highest BCUT2D eigenvalue weighted by Gasteiger charge is 2.33. The molecule has 0 aliphatic carbocycles. The summed E-state index contributed by atoms with van der Waals surface area (Å²) in [5.74, 6) is 0. The molecule has 0 radical (unpaired) electrons. The predicted molar refractivity (Wildman–Crippen MR) is 55.1 cm³/mol. The second-order valence-corrected chi connectivity index (χ2v) is 3.96. The normalized spacial score (nSPS) is 27.5. The fraction of sp³-hybridized carbons (Fsp3) is 0.545. The van der Waals surface area contributed by atoms with Crippen LogP contribution in [0.1, 0.15) is 18.4 Å². The van der Waals surface area contributed by atoms with Crippen molar-refractivity contribution in [3.8, 4) is 0 Å². The van der Waals surface area contributed by atoms with Crippen molar-refractivity contribution in [2.45, 2.75) is 18.3 Å². The molecule has 1 aromatic heterocycles. The fourth-order valence-electron chi connectivity index (χ4n) is 2.12. The lowest BCUT2D eigenvalue weighted by molar-refractivity contribution is 0.162. The van der Waals surface area contributed by atoms with Crippen LogP contribution in [0.2, 0.25) is 0 Å². The number of nitrogens with one attached hydrogen (secondary N) is 1. The maximum atomic E-state index is 9.53. The standard InChI is InChI=1S/C11H16N2O/c14-9-11(4-2-6-13-8-11)10-3-1-5-12-7-10/h1,3,5,7,13-14H,2,4,6,8-9H2. The number of hydrogen-bond donors (Lipinski definition) is 2. The molecule has 1 fully saturated rings. The van der Waals surface area contributed by atoms with E-state index >= 15 is 0 Å². The van der Waals surface area contributed by atoms with E-state index in [9.17, 15) is 5.11 Å². The molecule has 1 aromatic rings. The zero-order chi connectivity index (χ0) is 9.86. The fourth-order valence-corrected chi connectivity index (χ4v) is 2.12. The molecular weight excluding hydrogens is 176 g/mol. The van der Waals surface area contributed by atoms with Crippen molar-refractivity contribution in [3.63, 3.8) is 0 Å². The van der Waals surface area contributed by atoms with Gasteiger partial charge in [-0.05, 0) is 31.0 Å². The summed E-state index contributed by atoms with van der Waals surface area (Å²) in [6, 6.07) is 3.98. The van der Waals surface area contributed by atoms with Crippen LogP contribution in [0.5, 0.6) is 0 Å². The zero-order valence-electron chi connectivity index (χ0n) is 8.24. The van der Waals surface area contributed by atoms with Gasteiger partial charge in [-0.1, -0.05) is 6.07 Å². The average molecular weight is 192 g/mol. The molecule has 2 N–H and O–H groups in total. The highest BCUT2D eigenvalue weighted by molar-refractivity contribution is 5.23. The highest BCUT2D eigenvalue weighted by Crippen LogP contribution is 2.29. The van der Waals surface area contributed by atoms with Crippen LogP contribution < -0.4 is 5.32 Å². The van der Waals surface area contributed by atoms with Gasteiger partial charge in [0, 0.05) is 24.4 Å². The van der Waals surface area contributed by atoms with Gasteiger partial charge >= 0.3 is 0 Å². The summed E-state index contributed by atoms with van der Waals surface area (Å²) in [7, 11) is 0. The maximum Gasteiger partial charge on any atom is 0.0540 e. The Morgan fingerprint density at radius 2 is 2.50 bits per heavy atom. The quantitative estimate of drug-likeness (QED) is 0.725. The van der Waals surface area contributed by atoms with Gasteiger partial charge < -0.3 is 10.4 Å². The molecule has 3 heteroatoms. The Kier molecular flexibility index (Phi) is 2.79. The number of aliphatic hydroxyl groups is 1. The Hall–Kier alpha value is -0.930. The van der Waals surface area contributed by atoms with E-state index in [2.05, 4.69) is 16.4 Å². The van der Waals surface area contributed by atoms with Gasteiger partial charge in [0.1, 0.15) is 0 Å². The Morgan fingerprint density at radius 1 is 1.57 bits per heavy atom. The molecule has 14 heavy (non-hydrogen) atoms. The molecular formula is C11H16N2O. The molecule has 0 amide bonds. The van der Waals surface area contributed by atoms with Crippen molar-refractivity contribution in [1.82, 2.24) is 10.3 Å². The van der Waals surface area contributed by atoms with E-state index in [-0.39, 0.29) is 12.0 Å². The molecule has 1 aliphatic heterocycles. The van der Waals surface area contributed by atoms with Crippen LogP contribution in [0, 0.1) is 0 Å². The summed E-state index contributed by atoms with van der Waals surface area (Å²) < 4.78 is 0. The third-order valence-electron chi connectivity index (χ3n) is 3.05. The van der Waals surface area contributed by atoms with Crippen molar-refractivity contribution >= 4 is 0 Å². The van der Waals surface area contributed by atoms with Crippen LogP contribution in [0.3, 0.4) is 0 Å².